The molecule has 0 N–H and O–H groups in total. The fourth-order valence-electron chi connectivity index (χ4n) is 4.70. The molecule has 0 bridgehead atoms. The van der Waals surface area contributed by atoms with Crippen LogP contribution in [0.2, 0.25) is 0 Å². The molecule has 0 aliphatic heterocycles. The van der Waals surface area contributed by atoms with Crippen LogP contribution in [0.3, 0.4) is 0 Å². The smallest absolute Gasteiger partial charge is 0.335 e. The molecule has 220 valence electrons. The molecule has 0 radical (unpaired) electrons. The lowest BCUT2D eigenvalue weighted by Crippen LogP contribution is -2.29. The van der Waals surface area contributed by atoms with Crippen molar-refractivity contribution in [3.05, 3.63) is 88.3 Å². The highest BCUT2D eigenvalue weighted by Crippen LogP contribution is 2.28. The number of methoxy groups -OCH3 is 2. The average Bonchev–Trinajstić information content (AvgIpc) is 2.99. The van der Waals surface area contributed by atoms with Crippen LogP contribution < -0.4 is 10.2 Å². The Labute approximate surface area is 241 Å². The number of rotatable bonds is 18. The number of unbranched alkanes of at least 4 members (excludes halogenated alkanes) is 3. The molecule has 1 heterocycles. The molecule has 3 aromatic rings. The van der Waals surface area contributed by atoms with E-state index in [0.29, 0.717) is 42.6 Å². The van der Waals surface area contributed by atoms with Gasteiger partial charge in [0.15, 0.2) is 11.5 Å². The van der Waals surface area contributed by atoms with Gasteiger partial charge in [-0.2, -0.15) is 0 Å². The molecule has 0 aliphatic rings. The zero-order valence-corrected chi connectivity index (χ0v) is 24.0. The normalized spacial score (nSPS) is 11.7. The average molecular weight is 565 g/mol. The van der Waals surface area contributed by atoms with E-state index in [-0.39, 0.29) is 24.4 Å². The summed E-state index contributed by atoms with van der Waals surface area (Å²) in [5.74, 6) is -0.0165. The molecule has 0 spiro atoms. The Bertz CT molecular complexity index is 1340. The Morgan fingerprint density at radius 2 is 1.71 bits per heavy atom. The first-order valence-corrected chi connectivity index (χ1v) is 14.1. The second-order valence-corrected chi connectivity index (χ2v) is 9.74. The van der Waals surface area contributed by atoms with Crippen LogP contribution in [0.25, 0.3) is 11.0 Å². The molecule has 8 nitrogen and oxygen atoms in total. The summed E-state index contributed by atoms with van der Waals surface area (Å²) in [5.41, 5.74) is 3.55. The van der Waals surface area contributed by atoms with E-state index in [1.54, 1.807) is 12.1 Å². The SMILES string of the molecule is C=CCc1c(OCCCCCCc2ccccc2CC(OCCCC(=O)OC)C(=O)OC)ccc2c(=O)ccoc12. The predicted molar refractivity (Wildman–Crippen MR) is 157 cm³/mol. The summed E-state index contributed by atoms with van der Waals surface area (Å²) < 4.78 is 27.1. The first kappa shape index (κ1) is 31.6. The molecule has 0 amide bonds. The zero-order valence-electron chi connectivity index (χ0n) is 24.0. The first-order valence-electron chi connectivity index (χ1n) is 14.1. The maximum absolute atomic E-state index is 12.3. The number of allylic oxidation sites excluding steroid dienone is 1. The van der Waals surface area contributed by atoms with Crippen molar-refractivity contribution in [2.45, 2.75) is 63.9 Å². The van der Waals surface area contributed by atoms with Gasteiger partial charge in [-0.05, 0) is 55.4 Å². The molecular weight excluding hydrogens is 524 g/mol. The minimum atomic E-state index is -0.731. The Kier molecular flexibility index (Phi) is 13.1. The summed E-state index contributed by atoms with van der Waals surface area (Å²) in [6.07, 6.45) is 8.96. The van der Waals surface area contributed by atoms with E-state index in [0.717, 1.165) is 43.2 Å². The predicted octanol–water partition coefficient (Wildman–Crippen LogP) is 5.76. The summed E-state index contributed by atoms with van der Waals surface area (Å²) in [7, 11) is 2.70. The molecule has 0 aliphatic carbocycles. The maximum Gasteiger partial charge on any atom is 0.335 e. The van der Waals surface area contributed by atoms with E-state index in [1.165, 1.54) is 32.1 Å². The summed E-state index contributed by atoms with van der Waals surface area (Å²) in [6, 6.07) is 13.1. The van der Waals surface area contributed by atoms with E-state index in [1.807, 2.05) is 24.3 Å². The van der Waals surface area contributed by atoms with Crippen LogP contribution in [0.1, 0.15) is 55.2 Å². The van der Waals surface area contributed by atoms with Crippen molar-refractivity contribution in [3.63, 3.8) is 0 Å². The molecule has 2 aromatic carbocycles. The molecule has 1 atom stereocenters. The summed E-state index contributed by atoms with van der Waals surface area (Å²) in [5, 5.41) is 0.542. The highest BCUT2D eigenvalue weighted by atomic mass is 16.6. The monoisotopic (exact) mass is 564 g/mol. The zero-order chi connectivity index (χ0) is 29.5. The second-order valence-electron chi connectivity index (χ2n) is 9.74. The Morgan fingerprint density at radius 3 is 2.46 bits per heavy atom. The fourth-order valence-corrected chi connectivity index (χ4v) is 4.70. The van der Waals surface area contributed by atoms with Gasteiger partial charge in [0.2, 0.25) is 0 Å². The Balaban J connectivity index is 1.46. The van der Waals surface area contributed by atoms with Crippen molar-refractivity contribution in [2.24, 2.45) is 0 Å². The third-order valence-electron chi connectivity index (χ3n) is 6.89. The molecule has 1 unspecified atom stereocenters. The Hall–Kier alpha value is -3.91. The molecule has 0 saturated carbocycles. The number of carbonyl (C=O) groups excluding carboxylic acids is 2. The van der Waals surface area contributed by atoms with Gasteiger partial charge in [0, 0.05) is 31.1 Å². The largest absolute Gasteiger partial charge is 0.493 e. The van der Waals surface area contributed by atoms with Gasteiger partial charge < -0.3 is 23.4 Å². The third kappa shape index (κ3) is 9.60. The molecule has 8 heteroatoms. The van der Waals surface area contributed by atoms with Crippen LogP contribution in [-0.2, 0) is 43.1 Å². The molecule has 1 aromatic heterocycles. The van der Waals surface area contributed by atoms with Crippen LogP contribution in [0.5, 0.6) is 5.75 Å². The van der Waals surface area contributed by atoms with E-state index >= 15 is 0 Å². The third-order valence-corrected chi connectivity index (χ3v) is 6.89. The van der Waals surface area contributed by atoms with E-state index in [4.69, 9.17) is 18.6 Å². The number of aryl methyl sites for hydroxylation is 1. The topological polar surface area (TPSA) is 101 Å². The lowest BCUT2D eigenvalue weighted by molar-refractivity contribution is -0.154. The van der Waals surface area contributed by atoms with Crippen LogP contribution in [0.15, 0.2) is 70.6 Å². The summed E-state index contributed by atoms with van der Waals surface area (Å²) >= 11 is 0. The number of benzene rings is 2. The van der Waals surface area contributed by atoms with E-state index in [9.17, 15) is 14.4 Å². The lowest BCUT2D eigenvalue weighted by atomic mass is 9.97. The quantitative estimate of drug-likeness (QED) is 0.109. The standard InChI is InChI=1S/C33H40O8/c1-4-12-27-29(18-17-26-28(34)19-22-41-32(26)27)39-20-10-6-5-7-13-24-14-8-9-15-25(24)23-30(33(36)38-3)40-21-11-16-31(35)37-2/h4,8-9,14-15,17-19,22,30H,1,5-7,10-13,16,20-21,23H2,2-3H3. The van der Waals surface area contributed by atoms with Crippen LogP contribution >= 0.6 is 0 Å². The van der Waals surface area contributed by atoms with E-state index in [2.05, 4.69) is 17.4 Å². The van der Waals surface area contributed by atoms with Crippen molar-refractivity contribution in [1.29, 1.82) is 0 Å². The minimum Gasteiger partial charge on any atom is -0.493 e. The summed E-state index contributed by atoms with van der Waals surface area (Å²) in [4.78, 5) is 35.8. The van der Waals surface area contributed by atoms with Gasteiger partial charge in [0.05, 0.1) is 32.5 Å². The lowest BCUT2D eigenvalue weighted by Gasteiger charge is -2.18. The molecule has 3 rings (SSSR count). The van der Waals surface area contributed by atoms with Gasteiger partial charge in [-0.3, -0.25) is 9.59 Å². The minimum absolute atomic E-state index is 0.0753. The number of ether oxygens (including phenoxy) is 4. The summed E-state index contributed by atoms with van der Waals surface area (Å²) in [6.45, 7) is 4.65. The first-order chi connectivity index (χ1) is 20.0. The van der Waals surface area contributed by atoms with Crippen molar-refractivity contribution in [2.75, 3.05) is 27.4 Å². The van der Waals surface area contributed by atoms with Crippen molar-refractivity contribution < 1.29 is 33.0 Å². The van der Waals surface area contributed by atoms with Crippen molar-refractivity contribution >= 4 is 22.9 Å². The number of esters is 2. The van der Waals surface area contributed by atoms with Gasteiger partial charge in [0.25, 0.3) is 0 Å². The number of hydrogen-bond donors (Lipinski definition) is 0. The van der Waals surface area contributed by atoms with Crippen molar-refractivity contribution in [3.8, 4) is 5.75 Å². The second kappa shape index (κ2) is 17.0. The molecule has 41 heavy (non-hydrogen) atoms. The Morgan fingerprint density at radius 1 is 0.927 bits per heavy atom. The van der Waals surface area contributed by atoms with Crippen LogP contribution in [0, 0.1) is 0 Å². The fraction of sp³-hybridized carbons (Fsp3) is 0.424. The highest BCUT2D eigenvalue weighted by molar-refractivity contribution is 5.82. The highest BCUT2D eigenvalue weighted by Gasteiger charge is 2.22. The molecule has 0 saturated heterocycles. The number of carbonyl (C=O) groups is 2. The van der Waals surface area contributed by atoms with Gasteiger partial charge >= 0.3 is 11.9 Å². The van der Waals surface area contributed by atoms with Gasteiger partial charge in [-0.15, -0.1) is 6.58 Å². The van der Waals surface area contributed by atoms with Gasteiger partial charge in [0.1, 0.15) is 11.3 Å². The molecule has 0 fully saturated rings. The van der Waals surface area contributed by atoms with Crippen LogP contribution in [-0.4, -0.2) is 45.5 Å². The maximum atomic E-state index is 12.3. The van der Waals surface area contributed by atoms with E-state index < -0.39 is 12.1 Å². The number of hydrogen-bond acceptors (Lipinski definition) is 8. The van der Waals surface area contributed by atoms with Crippen molar-refractivity contribution in [1.82, 2.24) is 0 Å². The van der Waals surface area contributed by atoms with Crippen LogP contribution in [0.4, 0.5) is 0 Å². The molecular formula is C33H40O8. The van der Waals surface area contributed by atoms with Gasteiger partial charge in [-0.25, -0.2) is 4.79 Å². The number of fused-ring (bicyclic) bond motifs is 1. The van der Waals surface area contributed by atoms with Gasteiger partial charge in [-0.1, -0.05) is 43.2 Å².